The van der Waals surface area contributed by atoms with Crippen molar-refractivity contribution >= 4 is 35.2 Å². The van der Waals surface area contributed by atoms with Crippen LogP contribution in [0.1, 0.15) is 30.1 Å². The molecule has 5 amide bonds. The molecule has 1 aromatic carbocycles. The summed E-state index contributed by atoms with van der Waals surface area (Å²) in [6, 6.07) is 4.40. The van der Waals surface area contributed by atoms with E-state index in [-0.39, 0.29) is 37.9 Å². The summed E-state index contributed by atoms with van der Waals surface area (Å²) in [5.74, 6) is -1.25. The van der Waals surface area contributed by atoms with Crippen LogP contribution in [0.3, 0.4) is 0 Å². The minimum Gasteiger partial charge on any atom is -0.354 e. The highest BCUT2D eigenvalue weighted by Crippen LogP contribution is 2.15. The van der Waals surface area contributed by atoms with Crippen LogP contribution >= 0.6 is 0 Å². The molecule has 11 heteroatoms. The number of urea groups is 1. The van der Waals surface area contributed by atoms with Gasteiger partial charge in [0.05, 0.1) is 13.1 Å². The second-order valence-corrected chi connectivity index (χ2v) is 7.81. The van der Waals surface area contributed by atoms with E-state index in [0.717, 1.165) is 6.42 Å². The van der Waals surface area contributed by atoms with Crippen LogP contribution in [0, 0.1) is 0 Å². The molecule has 2 atom stereocenters. The van der Waals surface area contributed by atoms with Crippen molar-refractivity contribution in [1.29, 1.82) is 0 Å². The van der Waals surface area contributed by atoms with Gasteiger partial charge in [0.2, 0.25) is 17.7 Å². The standard InChI is InChI=1S/C21H28N6O5/c1-13(28)14-4-6-15(7-5-14)24-21(32)26-9-10-27(18(29)11-22)17(12-26)20(31)25-16-3-2-8-23-19(16)30/h4-7,16-17H,2-3,8-12,22H2,1H3,(H,23,30)(H,24,32)(H,25,31). The molecule has 32 heavy (non-hydrogen) atoms. The number of benzene rings is 1. The fourth-order valence-corrected chi connectivity index (χ4v) is 3.78. The monoisotopic (exact) mass is 444 g/mol. The number of nitrogens with two attached hydrogens (primary N) is 1. The molecule has 0 bridgehead atoms. The topological polar surface area (TPSA) is 154 Å². The van der Waals surface area contributed by atoms with Gasteiger partial charge in [0.25, 0.3) is 0 Å². The molecule has 2 fully saturated rings. The zero-order valence-corrected chi connectivity index (χ0v) is 17.9. The Bertz CT molecular complexity index is 902. The van der Waals surface area contributed by atoms with E-state index in [2.05, 4.69) is 16.0 Å². The molecule has 0 radical (unpaired) electrons. The molecule has 1 aromatic rings. The van der Waals surface area contributed by atoms with E-state index in [1.165, 1.54) is 16.7 Å². The van der Waals surface area contributed by atoms with Gasteiger partial charge in [0, 0.05) is 30.9 Å². The zero-order valence-electron chi connectivity index (χ0n) is 17.9. The maximum absolute atomic E-state index is 13.0. The number of carbonyl (C=O) groups is 5. The minimum atomic E-state index is -0.958. The smallest absolute Gasteiger partial charge is 0.321 e. The van der Waals surface area contributed by atoms with Gasteiger partial charge in [-0.3, -0.25) is 19.2 Å². The van der Waals surface area contributed by atoms with Crippen molar-refractivity contribution in [3.63, 3.8) is 0 Å². The number of carbonyl (C=O) groups excluding carboxylic acids is 5. The van der Waals surface area contributed by atoms with Crippen LogP contribution < -0.4 is 21.7 Å². The van der Waals surface area contributed by atoms with Crippen molar-refractivity contribution in [2.75, 3.05) is 38.0 Å². The fourth-order valence-electron chi connectivity index (χ4n) is 3.78. The molecule has 0 spiro atoms. The summed E-state index contributed by atoms with van der Waals surface area (Å²) in [5, 5.41) is 8.13. The van der Waals surface area contributed by atoms with Crippen molar-refractivity contribution < 1.29 is 24.0 Å². The predicted molar refractivity (Wildman–Crippen MR) is 116 cm³/mol. The van der Waals surface area contributed by atoms with Gasteiger partial charge in [-0.2, -0.15) is 0 Å². The van der Waals surface area contributed by atoms with E-state index in [4.69, 9.17) is 5.73 Å². The molecule has 2 aliphatic heterocycles. The van der Waals surface area contributed by atoms with Gasteiger partial charge < -0.3 is 31.5 Å². The van der Waals surface area contributed by atoms with Crippen LogP contribution in [0.25, 0.3) is 0 Å². The zero-order chi connectivity index (χ0) is 23.3. The average Bonchev–Trinajstić information content (AvgIpc) is 2.80. The van der Waals surface area contributed by atoms with Gasteiger partial charge in [-0.05, 0) is 44.0 Å². The van der Waals surface area contributed by atoms with E-state index in [0.29, 0.717) is 24.2 Å². The van der Waals surface area contributed by atoms with E-state index < -0.39 is 29.9 Å². The highest BCUT2D eigenvalue weighted by atomic mass is 16.2. The van der Waals surface area contributed by atoms with E-state index >= 15 is 0 Å². The summed E-state index contributed by atoms with van der Waals surface area (Å²) < 4.78 is 0. The third-order valence-corrected chi connectivity index (χ3v) is 5.61. The Morgan fingerprint density at radius 2 is 1.88 bits per heavy atom. The Labute approximate surface area is 185 Å². The predicted octanol–water partition coefficient (Wildman–Crippen LogP) is -0.713. The number of piperidine rings is 1. The van der Waals surface area contributed by atoms with Crippen LogP contribution in [-0.2, 0) is 14.4 Å². The SMILES string of the molecule is CC(=O)c1ccc(NC(=O)N2CCN(C(=O)CN)C(C(=O)NC3CCCNC3=O)C2)cc1. The number of Topliss-reactive ketones (excluding diaryl/α,β-unsaturated/α-hetero) is 1. The van der Waals surface area contributed by atoms with Crippen molar-refractivity contribution in [3.05, 3.63) is 29.8 Å². The molecule has 0 saturated carbocycles. The summed E-state index contributed by atoms with van der Waals surface area (Å²) >= 11 is 0. The molecule has 5 N–H and O–H groups in total. The van der Waals surface area contributed by atoms with Gasteiger partial charge in [-0.1, -0.05) is 0 Å². The third-order valence-electron chi connectivity index (χ3n) is 5.61. The fraction of sp³-hybridized carbons (Fsp3) is 0.476. The number of nitrogens with one attached hydrogen (secondary N) is 3. The molecule has 3 rings (SSSR count). The molecule has 0 aliphatic carbocycles. The van der Waals surface area contributed by atoms with E-state index in [1.807, 2.05) is 0 Å². The lowest BCUT2D eigenvalue weighted by molar-refractivity contribution is -0.143. The summed E-state index contributed by atoms with van der Waals surface area (Å²) in [6.45, 7) is 2.08. The molecule has 2 heterocycles. The van der Waals surface area contributed by atoms with Gasteiger partial charge in [-0.15, -0.1) is 0 Å². The highest BCUT2D eigenvalue weighted by Gasteiger charge is 2.38. The van der Waals surface area contributed by atoms with Crippen LogP contribution in [0.4, 0.5) is 10.5 Å². The lowest BCUT2D eigenvalue weighted by Crippen LogP contribution is -2.64. The largest absolute Gasteiger partial charge is 0.354 e. The summed E-state index contributed by atoms with van der Waals surface area (Å²) in [4.78, 5) is 64.2. The minimum absolute atomic E-state index is 0.0384. The van der Waals surface area contributed by atoms with Crippen LogP contribution in [0.2, 0.25) is 0 Å². The third kappa shape index (κ3) is 5.41. The molecule has 172 valence electrons. The molecular weight excluding hydrogens is 416 g/mol. The van der Waals surface area contributed by atoms with Gasteiger partial charge in [0.15, 0.2) is 5.78 Å². The Balaban J connectivity index is 1.68. The Kier molecular flexibility index (Phi) is 7.41. The first-order chi connectivity index (χ1) is 15.3. The summed E-state index contributed by atoms with van der Waals surface area (Å²) in [5.41, 5.74) is 6.53. The van der Waals surface area contributed by atoms with Gasteiger partial charge in [0.1, 0.15) is 12.1 Å². The highest BCUT2D eigenvalue weighted by molar-refractivity contribution is 5.96. The number of hydrogen-bond acceptors (Lipinski definition) is 6. The Morgan fingerprint density at radius 3 is 2.50 bits per heavy atom. The van der Waals surface area contributed by atoms with Crippen LogP contribution in [-0.4, -0.2) is 84.1 Å². The maximum Gasteiger partial charge on any atom is 0.321 e. The Morgan fingerprint density at radius 1 is 1.16 bits per heavy atom. The number of ketones is 1. The molecule has 2 aliphatic rings. The van der Waals surface area contributed by atoms with E-state index in [9.17, 15) is 24.0 Å². The number of hydrogen-bond donors (Lipinski definition) is 4. The lowest BCUT2D eigenvalue weighted by atomic mass is 10.1. The van der Waals surface area contributed by atoms with Crippen LogP contribution in [0.5, 0.6) is 0 Å². The summed E-state index contributed by atoms with van der Waals surface area (Å²) in [7, 11) is 0. The van der Waals surface area contributed by atoms with Crippen LogP contribution in [0.15, 0.2) is 24.3 Å². The molecule has 2 unspecified atom stereocenters. The Hall–Kier alpha value is -3.47. The van der Waals surface area contributed by atoms with Crippen molar-refractivity contribution in [2.45, 2.75) is 31.8 Å². The number of rotatable bonds is 5. The molecule has 11 nitrogen and oxygen atoms in total. The quantitative estimate of drug-likeness (QED) is 0.440. The molecule has 2 saturated heterocycles. The second kappa shape index (κ2) is 10.2. The number of amides is 5. The first-order valence-corrected chi connectivity index (χ1v) is 10.5. The normalized spacial score (nSPS) is 20.9. The average molecular weight is 444 g/mol. The van der Waals surface area contributed by atoms with Gasteiger partial charge in [-0.25, -0.2) is 4.79 Å². The first kappa shape index (κ1) is 23.2. The second-order valence-electron chi connectivity index (χ2n) is 7.81. The number of anilines is 1. The van der Waals surface area contributed by atoms with E-state index in [1.54, 1.807) is 24.3 Å². The number of piperazine rings is 1. The molecular formula is C21H28N6O5. The number of nitrogens with zero attached hydrogens (tertiary/aromatic N) is 2. The summed E-state index contributed by atoms with van der Waals surface area (Å²) in [6.07, 6.45) is 1.25. The lowest BCUT2D eigenvalue weighted by Gasteiger charge is -2.40. The van der Waals surface area contributed by atoms with Gasteiger partial charge >= 0.3 is 6.03 Å². The maximum atomic E-state index is 13.0. The van der Waals surface area contributed by atoms with Crippen molar-refractivity contribution in [1.82, 2.24) is 20.4 Å². The van der Waals surface area contributed by atoms with Crippen molar-refractivity contribution in [2.24, 2.45) is 5.73 Å². The first-order valence-electron chi connectivity index (χ1n) is 10.5. The molecule has 0 aromatic heterocycles. The van der Waals surface area contributed by atoms with Crippen molar-refractivity contribution in [3.8, 4) is 0 Å².